The summed E-state index contributed by atoms with van der Waals surface area (Å²) in [6, 6.07) is 20.3. The summed E-state index contributed by atoms with van der Waals surface area (Å²) < 4.78 is 26.8. The molecule has 3 heteroatoms. The molecule has 0 nitrogen and oxygen atoms in total. The number of rotatable bonds is 3. The van der Waals surface area contributed by atoms with Crippen LogP contribution in [0.15, 0.2) is 66.7 Å². The second kappa shape index (κ2) is 6.79. The molecular formula is C20H15F2I. The molecule has 0 fully saturated rings. The number of benzene rings is 3. The summed E-state index contributed by atoms with van der Waals surface area (Å²) in [4.78, 5) is 0. The maximum absolute atomic E-state index is 13.3. The Morgan fingerprint density at radius 2 is 1.09 bits per heavy atom. The molecule has 0 N–H and O–H groups in total. The molecule has 0 unspecified atom stereocenters. The van der Waals surface area contributed by atoms with E-state index in [9.17, 15) is 8.78 Å². The first-order chi connectivity index (χ1) is 11.0. The standard InChI is InChI=1S/C20H15F2I/c1-13(23)14-2-4-15(5-3-14)16-6-8-17(9-7-16)18-10-11-19(21)20(22)12-18/h2-13H,1H3/t13-/m0/s1. The maximum atomic E-state index is 13.3. The van der Waals surface area contributed by atoms with E-state index in [1.807, 2.05) is 24.3 Å². The molecule has 3 aromatic carbocycles. The van der Waals surface area contributed by atoms with Gasteiger partial charge in [-0.2, -0.15) is 0 Å². The van der Waals surface area contributed by atoms with E-state index in [1.54, 1.807) is 6.07 Å². The summed E-state index contributed by atoms with van der Waals surface area (Å²) in [5.74, 6) is -1.65. The van der Waals surface area contributed by atoms with Gasteiger partial charge in [0, 0.05) is 3.92 Å². The van der Waals surface area contributed by atoms with Crippen molar-refractivity contribution in [3.63, 3.8) is 0 Å². The van der Waals surface area contributed by atoms with Crippen LogP contribution in [-0.4, -0.2) is 0 Å². The lowest BCUT2D eigenvalue weighted by molar-refractivity contribution is 0.509. The number of alkyl halides is 1. The van der Waals surface area contributed by atoms with Gasteiger partial charge in [0.15, 0.2) is 11.6 Å². The quantitative estimate of drug-likeness (QED) is 0.323. The minimum absolute atomic E-state index is 0.484. The Kier molecular flexibility index (Phi) is 4.76. The highest BCUT2D eigenvalue weighted by molar-refractivity contribution is 14.1. The van der Waals surface area contributed by atoms with Crippen molar-refractivity contribution in [1.82, 2.24) is 0 Å². The van der Waals surface area contributed by atoms with Gasteiger partial charge in [0.1, 0.15) is 0 Å². The van der Waals surface area contributed by atoms with Gasteiger partial charge < -0.3 is 0 Å². The first-order valence-corrected chi connectivity index (χ1v) is 8.59. The Bertz CT molecular complexity index is 806. The Morgan fingerprint density at radius 3 is 1.57 bits per heavy atom. The highest BCUT2D eigenvalue weighted by atomic mass is 127. The summed E-state index contributed by atoms with van der Waals surface area (Å²) >= 11 is 2.39. The van der Waals surface area contributed by atoms with Gasteiger partial charge in [-0.1, -0.05) is 77.2 Å². The third-order valence-corrected chi connectivity index (χ3v) is 4.56. The van der Waals surface area contributed by atoms with Crippen LogP contribution >= 0.6 is 22.6 Å². The van der Waals surface area contributed by atoms with E-state index >= 15 is 0 Å². The highest BCUT2D eigenvalue weighted by Gasteiger charge is 2.06. The zero-order chi connectivity index (χ0) is 16.4. The SMILES string of the molecule is C[C@H](I)c1ccc(-c2ccc(-c3ccc(F)c(F)c3)cc2)cc1. The molecule has 0 aromatic heterocycles. The van der Waals surface area contributed by atoms with E-state index < -0.39 is 11.6 Å². The molecule has 0 saturated carbocycles. The van der Waals surface area contributed by atoms with Crippen molar-refractivity contribution in [1.29, 1.82) is 0 Å². The second-order valence-corrected chi connectivity index (χ2v) is 7.31. The lowest BCUT2D eigenvalue weighted by Gasteiger charge is -2.08. The van der Waals surface area contributed by atoms with E-state index in [1.165, 1.54) is 11.6 Å². The van der Waals surface area contributed by atoms with Crippen molar-refractivity contribution in [3.8, 4) is 22.3 Å². The van der Waals surface area contributed by atoms with Gasteiger partial charge in [-0.15, -0.1) is 0 Å². The van der Waals surface area contributed by atoms with Gasteiger partial charge in [0.2, 0.25) is 0 Å². The average molecular weight is 420 g/mol. The zero-order valence-corrected chi connectivity index (χ0v) is 14.7. The highest BCUT2D eigenvalue weighted by Crippen LogP contribution is 2.28. The molecule has 0 aliphatic rings. The van der Waals surface area contributed by atoms with Crippen molar-refractivity contribution in [2.45, 2.75) is 10.8 Å². The Labute approximate surface area is 148 Å². The van der Waals surface area contributed by atoms with Crippen LogP contribution in [0.2, 0.25) is 0 Å². The van der Waals surface area contributed by atoms with Crippen LogP contribution in [0.3, 0.4) is 0 Å². The zero-order valence-electron chi connectivity index (χ0n) is 12.6. The first kappa shape index (κ1) is 16.1. The van der Waals surface area contributed by atoms with E-state index in [2.05, 4.69) is 53.8 Å². The van der Waals surface area contributed by atoms with E-state index in [-0.39, 0.29) is 0 Å². The van der Waals surface area contributed by atoms with Gasteiger partial charge in [-0.05, 0) is 46.9 Å². The molecule has 1 atom stereocenters. The van der Waals surface area contributed by atoms with Crippen molar-refractivity contribution < 1.29 is 8.78 Å². The fraction of sp³-hybridized carbons (Fsp3) is 0.100. The van der Waals surface area contributed by atoms with Crippen molar-refractivity contribution in [2.24, 2.45) is 0 Å². The normalized spacial score (nSPS) is 12.2. The van der Waals surface area contributed by atoms with Crippen LogP contribution in [0.1, 0.15) is 16.4 Å². The Balaban J connectivity index is 1.88. The fourth-order valence-corrected chi connectivity index (χ4v) is 2.89. The number of hydrogen-bond donors (Lipinski definition) is 0. The Morgan fingerprint density at radius 1 is 0.652 bits per heavy atom. The third kappa shape index (κ3) is 3.61. The van der Waals surface area contributed by atoms with Gasteiger partial charge in [-0.25, -0.2) is 8.78 Å². The summed E-state index contributed by atoms with van der Waals surface area (Å²) in [6.45, 7) is 2.16. The molecule has 3 aromatic rings. The van der Waals surface area contributed by atoms with E-state index in [4.69, 9.17) is 0 Å². The lowest BCUT2D eigenvalue weighted by Crippen LogP contribution is -1.86. The predicted molar refractivity (Wildman–Crippen MR) is 99.7 cm³/mol. The molecule has 3 rings (SSSR count). The average Bonchev–Trinajstić information content (AvgIpc) is 2.57. The summed E-state index contributed by atoms with van der Waals surface area (Å²) in [5.41, 5.74) is 5.08. The van der Waals surface area contributed by atoms with Crippen LogP contribution in [0, 0.1) is 11.6 Å². The number of hydrogen-bond acceptors (Lipinski definition) is 0. The minimum Gasteiger partial charge on any atom is -0.204 e. The fourth-order valence-electron chi connectivity index (χ4n) is 2.47. The minimum atomic E-state index is -0.824. The second-order valence-electron chi connectivity index (χ2n) is 5.44. The summed E-state index contributed by atoms with van der Waals surface area (Å²) in [5, 5.41) is 0. The Hall–Kier alpha value is -1.75. The van der Waals surface area contributed by atoms with Gasteiger partial charge in [0.05, 0.1) is 0 Å². The third-order valence-electron chi connectivity index (χ3n) is 3.84. The van der Waals surface area contributed by atoms with Gasteiger partial charge in [-0.3, -0.25) is 0 Å². The summed E-state index contributed by atoms with van der Waals surface area (Å²) in [7, 11) is 0. The molecule has 0 aliphatic carbocycles. The van der Waals surface area contributed by atoms with Crippen molar-refractivity contribution in [3.05, 3.63) is 83.9 Å². The number of halogens is 3. The molecule has 0 saturated heterocycles. The van der Waals surface area contributed by atoms with Gasteiger partial charge >= 0.3 is 0 Å². The van der Waals surface area contributed by atoms with Crippen LogP contribution < -0.4 is 0 Å². The van der Waals surface area contributed by atoms with Crippen molar-refractivity contribution in [2.75, 3.05) is 0 Å². The topological polar surface area (TPSA) is 0 Å². The smallest absolute Gasteiger partial charge is 0.159 e. The maximum Gasteiger partial charge on any atom is 0.159 e. The molecule has 23 heavy (non-hydrogen) atoms. The van der Waals surface area contributed by atoms with E-state index in [0.717, 1.165) is 22.8 Å². The van der Waals surface area contributed by atoms with Crippen LogP contribution in [0.5, 0.6) is 0 Å². The van der Waals surface area contributed by atoms with Gasteiger partial charge in [0.25, 0.3) is 0 Å². The molecule has 0 amide bonds. The molecule has 116 valence electrons. The largest absolute Gasteiger partial charge is 0.204 e. The summed E-state index contributed by atoms with van der Waals surface area (Å²) in [6.07, 6.45) is 0. The van der Waals surface area contributed by atoms with E-state index in [0.29, 0.717) is 9.49 Å². The first-order valence-electron chi connectivity index (χ1n) is 7.34. The van der Waals surface area contributed by atoms with Crippen LogP contribution in [0.25, 0.3) is 22.3 Å². The predicted octanol–water partition coefficient (Wildman–Crippen LogP) is 6.79. The van der Waals surface area contributed by atoms with Crippen molar-refractivity contribution >= 4 is 22.6 Å². The molecule has 0 radical (unpaired) electrons. The molecule has 0 spiro atoms. The monoisotopic (exact) mass is 420 g/mol. The molecular weight excluding hydrogens is 405 g/mol. The molecule has 0 aliphatic heterocycles. The lowest BCUT2D eigenvalue weighted by atomic mass is 9.99. The molecule has 0 bridgehead atoms. The molecule has 0 heterocycles. The van der Waals surface area contributed by atoms with Crippen LogP contribution in [0.4, 0.5) is 8.78 Å². The van der Waals surface area contributed by atoms with Crippen LogP contribution in [-0.2, 0) is 0 Å².